The number of hydrogen-bond acceptors (Lipinski definition) is 0. The van der Waals surface area contributed by atoms with Crippen molar-refractivity contribution in [2.75, 3.05) is 0 Å². The third-order valence-electron chi connectivity index (χ3n) is 2.61. The minimum absolute atomic E-state index is 0.945. The fraction of sp³-hybridized carbons (Fsp3) is 0.818. The number of unbranched alkanes of at least 4 members (excludes halogenated alkanes) is 1. The van der Waals surface area contributed by atoms with Gasteiger partial charge in [-0.05, 0) is 19.3 Å². The van der Waals surface area contributed by atoms with Gasteiger partial charge in [0.1, 0.15) is 0 Å². The summed E-state index contributed by atoms with van der Waals surface area (Å²) in [5.74, 6) is 0. The molecule has 1 rings (SSSR count). The summed E-state index contributed by atoms with van der Waals surface area (Å²) in [4.78, 5) is 0. The second-order valence-corrected chi connectivity index (χ2v) is 10.0. The second kappa shape index (κ2) is 3.78. The van der Waals surface area contributed by atoms with E-state index in [9.17, 15) is 0 Å². The van der Waals surface area contributed by atoms with Gasteiger partial charge in [0.2, 0.25) is 0 Å². The topological polar surface area (TPSA) is 0 Å². The second-order valence-electron chi connectivity index (χ2n) is 4.94. The average molecular weight is 182 g/mol. The molecule has 70 valence electrons. The quantitative estimate of drug-likeness (QED) is 0.573. The van der Waals surface area contributed by atoms with Crippen LogP contribution >= 0.6 is 0 Å². The average Bonchev–Trinajstić information content (AvgIpc) is 2.69. The van der Waals surface area contributed by atoms with Crippen molar-refractivity contribution in [2.45, 2.75) is 58.7 Å². The van der Waals surface area contributed by atoms with E-state index in [1.165, 1.54) is 32.1 Å². The molecule has 0 aromatic carbocycles. The minimum atomic E-state index is -0.945. The molecule has 1 fully saturated rings. The van der Waals surface area contributed by atoms with Gasteiger partial charge in [0.15, 0.2) is 0 Å². The normalized spacial score (nSPS) is 16.5. The van der Waals surface area contributed by atoms with E-state index in [1.54, 1.807) is 0 Å². The van der Waals surface area contributed by atoms with Crippen molar-refractivity contribution < 1.29 is 0 Å². The summed E-state index contributed by atoms with van der Waals surface area (Å²) in [7, 11) is -0.945. The molecule has 0 nitrogen and oxygen atoms in total. The molecule has 0 aromatic rings. The van der Waals surface area contributed by atoms with Crippen LogP contribution < -0.4 is 0 Å². The van der Waals surface area contributed by atoms with Crippen molar-refractivity contribution in [1.82, 2.24) is 0 Å². The monoisotopic (exact) mass is 182 g/mol. The van der Waals surface area contributed by atoms with Crippen LogP contribution in [0, 0.1) is 0 Å². The van der Waals surface area contributed by atoms with Crippen LogP contribution in [0.2, 0.25) is 19.6 Å². The lowest BCUT2D eigenvalue weighted by Gasteiger charge is -2.21. The number of allylic oxidation sites excluding steroid dienone is 2. The molecule has 0 unspecified atom stereocenters. The SMILES string of the molecule is CCCCC(=C1CC1)[Si](C)(C)C. The molecular weight excluding hydrogens is 160 g/mol. The van der Waals surface area contributed by atoms with E-state index in [0.717, 1.165) is 0 Å². The summed E-state index contributed by atoms with van der Waals surface area (Å²) in [5, 5.41) is 1.89. The van der Waals surface area contributed by atoms with Crippen molar-refractivity contribution in [3.8, 4) is 0 Å². The van der Waals surface area contributed by atoms with Gasteiger partial charge in [-0.3, -0.25) is 0 Å². The van der Waals surface area contributed by atoms with Crippen LogP contribution in [-0.2, 0) is 0 Å². The molecule has 0 amide bonds. The zero-order valence-corrected chi connectivity index (χ0v) is 10.0. The minimum Gasteiger partial charge on any atom is -0.0818 e. The summed E-state index contributed by atoms with van der Waals surface area (Å²) in [6, 6.07) is 0. The Morgan fingerprint density at radius 1 is 1.25 bits per heavy atom. The standard InChI is InChI=1S/C11H22Si/c1-5-6-7-11(10-8-9-10)12(2,3)4/h5-9H2,1-4H3. The Labute approximate surface area is 78.1 Å². The highest BCUT2D eigenvalue weighted by atomic mass is 28.3. The maximum absolute atomic E-state index is 2.49. The molecular formula is C11H22Si. The fourth-order valence-electron chi connectivity index (χ4n) is 1.80. The van der Waals surface area contributed by atoms with Crippen LogP contribution in [0.25, 0.3) is 0 Å². The van der Waals surface area contributed by atoms with Gasteiger partial charge in [-0.25, -0.2) is 0 Å². The first-order valence-electron chi connectivity index (χ1n) is 5.27. The predicted octanol–water partition coefficient (Wildman–Crippen LogP) is 4.14. The third-order valence-corrected chi connectivity index (χ3v) is 5.03. The van der Waals surface area contributed by atoms with Crippen LogP contribution in [0.1, 0.15) is 39.0 Å². The lowest BCUT2D eigenvalue weighted by Crippen LogP contribution is -2.24. The summed E-state index contributed by atoms with van der Waals surface area (Å²) >= 11 is 0. The van der Waals surface area contributed by atoms with Crippen molar-refractivity contribution in [3.05, 3.63) is 10.8 Å². The first kappa shape index (κ1) is 10.0. The number of rotatable bonds is 4. The van der Waals surface area contributed by atoms with Crippen molar-refractivity contribution in [2.24, 2.45) is 0 Å². The van der Waals surface area contributed by atoms with Crippen LogP contribution in [-0.4, -0.2) is 8.07 Å². The first-order chi connectivity index (χ1) is 5.55. The summed E-state index contributed by atoms with van der Waals surface area (Å²) < 4.78 is 0. The molecule has 1 heteroatoms. The van der Waals surface area contributed by atoms with E-state index >= 15 is 0 Å². The van der Waals surface area contributed by atoms with Crippen LogP contribution in [0.5, 0.6) is 0 Å². The first-order valence-corrected chi connectivity index (χ1v) is 8.77. The molecule has 1 saturated carbocycles. The van der Waals surface area contributed by atoms with Gasteiger partial charge in [0, 0.05) is 0 Å². The summed E-state index contributed by atoms with van der Waals surface area (Å²) in [6.07, 6.45) is 7.00. The molecule has 0 aliphatic heterocycles. The van der Waals surface area contributed by atoms with Gasteiger partial charge in [-0.15, -0.1) is 0 Å². The van der Waals surface area contributed by atoms with Crippen molar-refractivity contribution in [1.29, 1.82) is 0 Å². The van der Waals surface area contributed by atoms with Crippen LogP contribution in [0.4, 0.5) is 0 Å². The molecule has 0 saturated heterocycles. The molecule has 1 aliphatic rings. The summed E-state index contributed by atoms with van der Waals surface area (Å²) in [6.45, 7) is 9.76. The molecule has 0 bridgehead atoms. The highest BCUT2D eigenvalue weighted by Gasteiger charge is 2.26. The van der Waals surface area contributed by atoms with Crippen molar-refractivity contribution >= 4 is 8.07 Å². The Morgan fingerprint density at radius 3 is 2.17 bits per heavy atom. The molecule has 12 heavy (non-hydrogen) atoms. The molecule has 0 spiro atoms. The highest BCUT2D eigenvalue weighted by Crippen LogP contribution is 2.37. The zero-order chi connectivity index (χ0) is 9.19. The Kier molecular flexibility index (Phi) is 3.16. The predicted molar refractivity (Wildman–Crippen MR) is 59.1 cm³/mol. The lowest BCUT2D eigenvalue weighted by atomic mass is 10.2. The Morgan fingerprint density at radius 2 is 1.83 bits per heavy atom. The molecule has 0 atom stereocenters. The van der Waals surface area contributed by atoms with E-state index in [0.29, 0.717) is 0 Å². The van der Waals surface area contributed by atoms with Crippen molar-refractivity contribution in [3.63, 3.8) is 0 Å². The van der Waals surface area contributed by atoms with E-state index in [2.05, 4.69) is 26.6 Å². The van der Waals surface area contributed by atoms with E-state index in [-0.39, 0.29) is 0 Å². The molecule has 1 aliphatic carbocycles. The van der Waals surface area contributed by atoms with Gasteiger partial charge in [-0.2, -0.15) is 0 Å². The summed E-state index contributed by atoms with van der Waals surface area (Å²) in [5.41, 5.74) is 1.82. The largest absolute Gasteiger partial charge is 0.0818 e. The van der Waals surface area contributed by atoms with E-state index < -0.39 is 8.07 Å². The smallest absolute Gasteiger partial charge is 0.0723 e. The van der Waals surface area contributed by atoms with E-state index in [1.807, 2.05) is 10.8 Å². The van der Waals surface area contributed by atoms with Gasteiger partial charge < -0.3 is 0 Å². The maximum Gasteiger partial charge on any atom is 0.0723 e. The Hall–Kier alpha value is -0.0431. The van der Waals surface area contributed by atoms with E-state index in [4.69, 9.17) is 0 Å². The Balaban J connectivity index is 2.58. The third kappa shape index (κ3) is 2.78. The highest BCUT2D eigenvalue weighted by molar-refractivity contribution is 6.83. The Bertz CT molecular complexity index is 178. The van der Waals surface area contributed by atoms with Gasteiger partial charge in [-0.1, -0.05) is 50.2 Å². The van der Waals surface area contributed by atoms with Gasteiger partial charge in [0.05, 0.1) is 8.07 Å². The fourth-order valence-corrected chi connectivity index (χ4v) is 4.04. The molecule has 0 heterocycles. The lowest BCUT2D eigenvalue weighted by molar-refractivity contribution is 0.801. The number of hydrogen-bond donors (Lipinski definition) is 0. The maximum atomic E-state index is 2.49. The van der Waals surface area contributed by atoms with Crippen LogP contribution in [0.3, 0.4) is 0 Å². The van der Waals surface area contributed by atoms with Gasteiger partial charge in [0.25, 0.3) is 0 Å². The molecule has 0 radical (unpaired) electrons. The zero-order valence-electron chi connectivity index (χ0n) is 9.04. The van der Waals surface area contributed by atoms with Crippen LogP contribution in [0.15, 0.2) is 10.8 Å². The van der Waals surface area contributed by atoms with Gasteiger partial charge >= 0.3 is 0 Å². The molecule has 0 N–H and O–H groups in total. The molecule has 0 aromatic heterocycles.